The molecule has 0 aliphatic rings. The first kappa shape index (κ1) is 16.0. The molecule has 0 unspecified atom stereocenters. The van der Waals surface area contributed by atoms with E-state index < -0.39 is 5.97 Å². The Morgan fingerprint density at radius 1 is 1.32 bits per heavy atom. The van der Waals surface area contributed by atoms with E-state index in [0.717, 1.165) is 0 Å². The van der Waals surface area contributed by atoms with Crippen molar-refractivity contribution in [2.75, 3.05) is 0 Å². The van der Waals surface area contributed by atoms with Crippen molar-refractivity contribution in [1.82, 2.24) is 5.16 Å². The summed E-state index contributed by atoms with van der Waals surface area (Å²) in [7, 11) is 0. The number of hydrogen-bond donors (Lipinski definition) is 1. The molecule has 2 aromatic rings. The van der Waals surface area contributed by atoms with Crippen LogP contribution in [0.2, 0.25) is 5.02 Å². The van der Waals surface area contributed by atoms with Gasteiger partial charge >= 0.3 is 5.97 Å². The van der Waals surface area contributed by atoms with Crippen LogP contribution in [0.4, 0.5) is 0 Å². The fraction of sp³-hybridized carbons (Fsp3) is 0.267. The Morgan fingerprint density at radius 2 is 1.95 bits per heavy atom. The van der Waals surface area contributed by atoms with Crippen LogP contribution in [0.5, 0.6) is 0 Å². The van der Waals surface area contributed by atoms with Crippen molar-refractivity contribution < 1.29 is 14.2 Å². The van der Waals surface area contributed by atoms with Gasteiger partial charge in [0.2, 0.25) is 0 Å². The smallest absolute Gasteiger partial charge is 0.371 e. The van der Waals surface area contributed by atoms with Crippen molar-refractivity contribution in [1.29, 1.82) is 0 Å². The third-order valence-electron chi connectivity index (χ3n) is 2.84. The Bertz CT molecular complexity index is 700. The molecular weight excluding hydrogens is 306 g/mol. The van der Waals surface area contributed by atoms with E-state index in [4.69, 9.17) is 26.7 Å². The van der Waals surface area contributed by atoms with Crippen molar-refractivity contribution in [2.45, 2.75) is 26.2 Å². The number of rotatable bonds is 3. The second-order valence-electron chi connectivity index (χ2n) is 5.68. The molecular formula is C15H16ClN3O3. The highest BCUT2D eigenvalue weighted by Crippen LogP contribution is 2.26. The molecule has 0 aliphatic carbocycles. The molecule has 0 bridgehead atoms. The van der Waals surface area contributed by atoms with E-state index in [1.165, 1.54) is 6.20 Å². The zero-order valence-electron chi connectivity index (χ0n) is 12.5. The van der Waals surface area contributed by atoms with E-state index in [2.05, 4.69) is 10.3 Å². The Balaban J connectivity index is 2.14. The summed E-state index contributed by atoms with van der Waals surface area (Å²) < 4.78 is 5.11. The largest absolute Gasteiger partial charge is 0.380 e. The Morgan fingerprint density at radius 3 is 2.55 bits per heavy atom. The molecule has 1 aromatic carbocycles. The SMILES string of the molecule is CC(C)(C)c1oncc1C(=O)O/N=C(/N)c1ccc(Cl)cc1. The first-order valence-electron chi connectivity index (χ1n) is 6.55. The normalized spacial score (nSPS) is 12.3. The maximum absolute atomic E-state index is 12.1. The molecule has 0 saturated carbocycles. The standard InChI is InChI=1S/C15H16ClN3O3/c1-15(2,3)12-11(8-18-21-12)14(20)22-19-13(17)9-4-6-10(16)7-5-9/h4-8H,1-3H3,(H2,17,19). The molecule has 2 N–H and O–H groups in total. The Labute approximate surface area is 132 Å². The summed E-state index contributed by atoms with van der Waals surface area (Å²) in [6.45, 7) is 5.70. The number of amidine groups is 1. The van der Waals surface area contributed by atoms with Crippen molar-refractivity contribution >= 4 is 23.4 Å². The maximum Gasteiger partial charge on any atom is 0.371 e. The van der Waals surface area contributed by atoms with Crippen LogP contribution in [0, 0.1) is 0 Å². The van der Waals surface area contributed by atoms with E-state index in [9.17, 15) is 4.79 Å². The third-order valence-corrected chi connectivity index (χ3v) is 3.09. The molecule has 0 fully saturated rings. The summed E-state index contributed by atoms with van der Waals surface area (Å²) >= 11 is 5.79. The van der Waals surface area contributed by atoms with Gasteiger partial charge in [-0.25, -0.2) is 4.79 Å². The fourth-order valence-electron chi connectivity index (χ4n) is 1.74. The van der Waals surface area contributed by atoms with Gasteiger partial charge in [-0.3, -0.25) is 0 Å². The first-order valence-corrected chi connectivity index (χ1v) is 6.92. The minimum Gasteiger partial charge on any atom is -0.380 e. The lowest BCUT2D eigenvalue weighted by atomic mass is 9.91. The predicted molar refractivity (Wildman–Crippen MR) is 82.8 cm³/mol. The van der Waals surface area contributed by atoms with Crippen molar-refractivity contribution in [2.24, 2.45) is 10.9 Å². The topological polar surface area (TPSA) is 90.7 Å². The lowest BCUT2D eigenvalue weighted by Gasteiger charge is -2.14. The highest BCUT2D eigenvalue weighted by molar-refractivity contribution is 6.30. The average Bonchev–Trinajstić information content (AvgIpc) is 2.94. The Kier molecular flexibility index (Phi) is 4.51. The summed E-state index contributed by atoms with van der Waals surface area (Å²) in [6, 6.07) is 6.68. The minimum absolute atomic E-state index is 0.0683. The van der Waals surface area contributed by atoms with Crippen LogP contribution in [-0.2, 0) is 10.3 Å². The van der Waals surface area contributed by atoms with Gasteiger partial charge in [0.15, 0.2) is 11.6 Å². The van der Waals surface area contributed by atoms with Crippen LogP contribution >= 0.6 is 11.6 Å². The molecule has 1 aromatic heterocycles. The van der Waals surface area contributed by atoms with Gasteiger partial charge in [0.05, 0.1) is 6.20 Å². The second-order valence-corrected chi connectivity index (χ2v) is 6.12. The van der Waals surface area contributed by atoms with E-state index >= 15 is 0 Å². The van der Waals surface area contributed by atoms with E-state index in [0.29, 0.717) is 16.3 Å². The highest BCUT2D eigenvalue weighted by Gasteiger charge is 2.28. The molecule has 0 amide bonds. The van der Waals surface area contributed by atoms with Gasteiger partial charge in [0, 0.05) is 16.0 Å². The second kappa shape index (κ2) is 6.19. The number of aromatic nitrogens is 1. The molecule has 116 valence electrons. The van der Waals surface area contributed by atoms with Gasteiger partial charge in [-0.05, 0) is 24.3 Å². The molecule has 0 aliphatic heterocycles. The van der Waals surface area contributed by atoms with Crippen molar-refractivity contribution in [3.05, 3.63) is 52.4 Å². The number of carbonyl (C=O) groups excluding carboxylic acids is 1. The van der Waals surface area contributed by atoms with E-state index in [-0.39, 0.29) is 16.8 Å². The number of benzene rings is 1. The minimum atomic E-state index is -0.678. The third kappa shape index (κ3) is 3.65. The summed E-state index contributed by atoms with van der Waals surface area (Å²) in [5.74, 6) is -0.181. The summed E-state index contributed by atoms with van der Waals surface area (Å²) in [4.78, 5) is 16.9. The molecule has 0 radical (unpaired) electrons. The quantitative estimate of drug-likeness (QED) is 0.406. The molecule has 0 saturated heterocycles. The lowest BCUT2D eigenvalue weighted by Crippen LogP contribution is -2.17. The fourth-order valence-corrected chi connectivity index (χ4v) is 1.87. The number of hydrogen-bond acceptors (Lipinski definition) is 5. The first-order chi connectivity index (χ1) is 10.3. The van der Waals surface area contributed by atoms with Crippen molar-refractivity contribution in [3.63, 3.8) is 0 Å². The molecule has 2 rings (SSSR count). The zero-order valence-corrected chi connectivity index (χ0v) is 13.2. The van der Waals surface area contributed by atoms with E-state index in [1.54, 1.807) is 24.3 Å². The Hall–Kier alpha value is -2.34. The van der Waals surface area contributed by atoms with Gasteiger partial charge < -0.3 is 15.1 Å². The molecule has 22 heavy (non-hydrogen) atoms. The maximum atomic E-state index is 12.1. The summed E-state index contributed by atoms with van der Waals surface area (Å²) in [6.07, 6.45) is 1.30. The number of halogens is 1. The van der Waals surface area contributed by atoms with Gasteiger partial charge in [-0.2, -0.15) is 0 Å². The lowest BCUT2D eigenvalue weighted by molar-refractivity contribution is 0.0511. The van der Waals surface area contributed by atoms with Crippen LogP contribution in [-0.4, -0.2) is 17.0 Å². The van der Waals surface area contributed by atoms with E-state index in [1.807, 2.05) is 20.8 Å². The van der Waals surface area contributed by atoms with Gasteiger partial charge in [0.25, 0.3) is 0 Å². The molecule has 0 spiro atoms. The molecule has 7 heteroatoms. The number of nitrogens with zero attached hydrogens (tertiary/aromatic N) is 2. The predicted octanol–water partition coefficient (Wildman–Crippen LogP) is 3.10. The number of oxime groups is 1. The van der Waals surface area contributed by atoms with Crippen molar-refractivity contribution in [3.8, 4) is 0 Å². The number of nitrogens with two attached hydrogens (primary N) is 1. The molecule has 6 nitrogen and oxygen atoms in total. The van der Waals surface area contributed by atoms with Gasteiger partial charge in [0.1, 0.15) is 5.56 Å². The molecule has 0 atom stereocenters. The van der Waals surface area contributed by atoms with Gasteiger partial charge in [-0.1, -0.05) is 42.7 Å². The molecule has 1 heterocycles. The summed E-state index contributed by atoms with van der Waals surface area (Å²) in [5, 5.41) is 7.85. The van der Waals surface area contributed by atoms with Crippen LogP contribution in [0.3, 0.4) is 0 Å². The van der Waals surface area contributed by atoms with Crippen LogP contribution in [0.1, 0.15) is 42.5 Å². The zero-order chi connectivity index (χ0) is 16.3. The number of carbonyl (C=O) groups is 1. The summed E-state index contributed by atoms with van der Waals surface area (Å²) in [5.41, 5.74) is 6.20. The van der Waals surface area contributed by atoms with Gasteiger partial charge in [-0.15, -0.1) is 0 Å². The average molecular weight is 322 g/mol. The van der Waals surface area contributed by atoms with Crippen LogP contribution < -0.4 is 5.73 Å². The monoisotopic (exact) mass is 321 g/mol. The highest BCUT2D eigenvalue weighted by atomic mass is 35.5. The van der Waals surface area contributed by atoms with Crippen LogP contribution in [0.15, 0.2) is 40.1 Å². The van der Waals surface area contributed by atoms with Crippen LogP contribution in [0.25, 0.3) is 0 Å².